The largest absolute Gasteiger partial charge is 0.450 e. The zero-order chi connectivity index (χ0) is 16.1. The van der Waals surface area contributed by atoms with Crippen LogP contribution in [0.25, 0.3) is 0 Å². The number of nitrogens with one attached hydrogen (secondary N) is 1. The number of hydrogen-bond donors (Lipinski definition) is 1. The first kappa shape index (κ1) is 15.9. The summed E-state index contributed by atoms with van der Waals surface area (Å²) in [5, 5.41) is 13.0. The molecule has 0 bridgehead atoms. The van der Waals surface area contributed by atoms with E-state index in [2.05, 4.69) is 32.3 Å². The first-order valence-electron chi connectivity index (χ1n) is 5.92. The number of nitro groups is 1. The van der Waals surface area contributed by atoms with Gasteiger partial charge in [0.2, 0.25) is 5.76 Å². The highest BCUT2D eigenvalue weighted by atomic mass is 127. The van der Waals surface area contributed by atoms with Crippen molar-refractivity contribution in [3.05, 3.63) is 55.8 Å². The van der Waals surface area contributed by atoms with E-state index < -0.39 is 29.3 Å². The van der Waals surface area contributed by atoms with E-state index in [1.54, 1.807) is 18.2 Å². The van der Waals surface area contributed by atoms with Gasteiger partial charge in [0.05, 0.1) is 6.07 Å². The first-order valence-corrected chi connectivity index (χ1v) is 7.00. The lowest BCUT2D eigenvalue weighted by atomic mass is 10.3. The van der Waals surface area contributed by atoms with Crippen molar-refractivity contribution in [1.29, 1.82) is 0 Å². The van der Waals surface area contributed by atoms with Crippen LogP contribution >= 0.6 is 22.6 Å². The summed E-state index contributed by atoms with van der Waals surface area (Å²) in [5.41, 5.74) is 0.571. The van der Waals surface area contributed by atoms with Gasteiger partial charge in [-0.3, -0.25) is 14.9 Å². The number of ether oxygens (including phenoxy) is 1. The molecule has 22 heavy (non-hydrogen) atoms. The Hall–Kier alpha value is -2.43. The van der Waals surface area contributed by atoms with Crippen LogP contribution in [0.15, 0.2) is 40.8 Å². The molecule has 1 heterocycles. The van der Waals surface area contributed by atoms with Crippen molar-refractivity contribution in [2.45, 2.75) is 0 Å². The predicted octanol–water partition coefficient (Wildman–Crippen LogP) is 2.59. The van der Waals surface area contributed by atoms with Crippen LogP contribution in [0.3, 0.4) is 0 Å². The Bertz CT molecular complexity index is 727. The van der Waals surface area contributed by atoms with Gasteiger partial charge in [-0.05, 0) is 46.9 Å². The fourth-order valence-corrected chi connectivity index (χ4v) is 2.04. The Kier molecular flexibility index (Phi) is 5.09. The number of rotatable bonds is 5. The quantitative estimate of drug-likeness (QED) is 0.347. The number of esters is 1. The van der Waals surface area contributed by atoms with Gasteiger partial charge in [-0.1, -0.05) is 6.07 Å². The normalized spacial score (nSPS) is 10.0. The van der Waals surface area contributed by atoms with Gasteiger partial charge in [0.25, 0.3) is 5.91 Å². The maximum absolute atomic E-state index is 11.6. The van der Waals surface area contributed by atoms with E-state index in [1.807, 2.05) is 6.07 Å². The van der Waals surface area contributed by atoms with E-state index in [1.165, 1.54) is 0 Å². The van der Waals surface area contributed by atoms with E-state index in [9.17, 15) is 19.7 Å². The Morgan fingerprint density at radius 1 is 1.32 bits per heavy atom. The number of carbonyl (C=O) groups is 2. The van der Waals surface area contributed by atoms with Gasteiger partial charge in [-0.2, -0.15) is 0 Å². The number of anilines is 1. The minimum atomic E-state index is -0.953. The van der Waals surface area contributed by atoms with E-state index >= 15 is 0 Å². The van der Waals surface area contributed by atoms with E-state index in [-0.39, 0.29) is 5.76 Å². The van der Waals surface area contributed by atoms with Crippen LogP contribution in [0, 0.1) is 13.7 Å². The maximum Gasteiger partial charge on any atom is 0.433 e. The minimum Gasteiger partial charge on any atom is -0.450 e. The molecule has 8 nitrogen and oxygen atoms in total. The van der Waals surface area contributed by atoms with Crippen molar-refractivity contribution < 1.29 is 23.7 Å². The third-order valence-electron chi connectivity index (χ3n) is 2.42. The average molecular weight is 416 g/mol. The summed E-state index contributed by atoms with van der Waals surface area (Å²) < 4.78 is 10.3. The molecule has 2 aromatic rings. The molecule has 0 fully saturated rings. The molecule has 114 valence electrons. The second-order valence-corrected chi connectivity index (χ2v) is 5.28. The number of carbonyl (C=O) groups excluding carboxylic acids is 2. The molecule has 0 saturated carbocycles. The molecule has 0 atom stereocenters. The van der Waals surface area contributed by atoms with E-state index in [4.69, 9.17) is 4.74 Å². The molecule has 0 aliphatic heterocycles. The molecular weight excluding hydrogens is 407 g/mol. The molecule has 9 heteroatoms. The highest BCUT2D eigenvalue weighted by molar-refractivity contribution is 14.1. The first-order chi connectivity index (χ1) is 10.5. The number of amides is 1. The average Bonchev–Trinajstić information content (AvgIpc) is 2.95. The molecule has 2 rings (SSSR count). The highest BCUT2D eigenvalue weighted by Gasteiger charge is 2.19. The Labute approximate surface area is 137 Å². The molecule has 0 aliphatic carbocycles. The Morgan fingerprint density at radius 3 is 2.73 bits per heavy atom. The number of benzene rings is 1. The molecular formula is C13H9IN2O6. The Morgan fingerprint density at radius 2 is 2.09 bits per heavy atom. The molecule has 1 N–H and O–H groups in total. The van der Waals surface area contributed by atoms with Crippen LogP contribution in [0.5, 0.6) is 0 Å². The van der Waals surface area contributed by atoms with Crippen LogP contribution < -0.4 is 5.32 Å². The van der Waals surface area contributed by atoms with Gasteiger partial charge in [0, 0.05) is 9.26 Å². The van der Waals surface area contributed by atoms with Gasteiger partial charge < -0.3 is 14.5 Å². The van der Waals surface area contributed by atoms with Crippen LogP contribution in [-0.2, 0) is 9.53 Å². The molecule has 0 saturated heterocycles. The van der Waals surface area contributed by atoms with Gasteiger partial charge in [0.1, 0.15) is 4.92 Å². The fraction of sp³-hybridized carbons (Fsp3) is 0.0769. The number of hydrogen-bond acceptors (Lipinski definition) is 6. The summed E-state index contributed by atoms with van der Waals surface area (Å²) in [6, 6.07) is 9.21. The number of halogens is 1. The van der Waals surface area contributed by atoms with Crippen molar-refractivity contribution >= 4 is 46.0 Å². The third-order valence-corrected chi connectivity index (χ3v) is 3.09. The van der Waals surface area contributed by atoms with Gasteiger partial charge in [-0.15, -0.1) is 0 Å². The van der Waals surface area contributed by atoms with Crippen LogP contribution in [0.2, 0.25) is 0 Å². The predicted molar refractivity (Wildman–Crippen MR) is 83.4 cm³/mol. The standard InChI is InChI=1S/C13H9IN2O6/c14-8-2-1-3-9(6-8)15-11(17)7-21-13(18)10-4-5-12(22-10)16(19)20/h1-6H,7H2,(H,15,17). The molecule has 0 radical (unpaired) electrons. The minimum absolute atomic E-state index is 0.339. The monoisotopic (exact) mass is 416 g/mol. The van der Waals surface area contributed by atoms with Crippen LogP contribution in [0.1, 0.15) is 10.6 Å². The van der Waals surface area contributed by atoms with Crippen molar-refractivity contribution in [3.63, 3.8) is 0 Å². The zero-order valence-electron chi connectivity index (χ0n) is 10.9. The van der Waals surface area contributed by atoms with E-state index in [0.29, 0.717) is 5.69 Å². The number of furan rings is 1. The number of nitrogens with zero attached hydrogens (tertiary/aromatic N) is 1. The molecule has 0 spiro atoms. The summed E-state index contributed by atoms with van der Waals surface area (Å²) in [7, 11) is 0. The molecule has 1 amide bonds. The smallest absolute Gasteiger partial charge is 0.433 e. The summed E-state index contributed by atoms with van der Waals surface area (Å²) >= 11 is 2.10. The van der Waals surface area contributed by atoms with Crippen molar-refractivity contribution in [2.75, 3.05) is 11.9 Å². The topological polar surface area (TPSA) is 112 Å². The molecule has 0 unspecified atom stereocenters. The highest BCUT2D eigenvalue weighted by Crippen LogP contribution is 2.16. The molecule has 0 aliphatic rings. The van der Waals surface area contributed by atoms with Gasteiger partial charge >= 0.3 is 11.9 Å². The van der Waals surface area contributed by atoms with Crippen molar-refractivity contribution in [1.82, 2.24) is 0 Å². The lowest BCUT2D eigenvalue weighted by Gasteiger charge is -2.05. The fourth-order valence-electron chi connectivity index (χ4n) is 1.50. The van der Waals surface area contributed by atoms with Crippen molar-refractivity contribution in [2.24, 2.45) is 0 Å². The molecule has 1 aromatic heterocycles. The van der Waals surface area contributed by atoms with Crippen LogP contribution in [-0.4, -0.2) is 23.4 Å². The van der Waals surface area contributed by atoms with Crippen molar-refractivity contribution in [3.8, 4) is 0 Å². The lowest BCUT2D eigenvalue weighted by molar-refractivity contribution is -0.402. The lowest BCUT2D eigenvalue weighted by Crippen LogP contribution is -2.20. The van der Waals surface area contributed by atoms with Crippen LogP contribution in [0.4, 0.5) is 11.6 Å². The third kappa shape index (κ3) is 4.28. The second kappa shape index (κ2) is 7.02. The van der Waals surface area contributed by atoms with Gasteiger partial charge in [0.15, 0.2) is 6.61 Å². The van der Waals surface area contributed by atoms with Gasteiger partial charge in [-0.25, -0.2) is 4.79 Å². The summed E-state index contributed by atoms with van der Waals surface area (Å²) in [5.74, 6) is -2.40. The summed E-state index contributed by atoms with van der Waals surface area (Å²) in [4.78, 5) is 32.9. The Balaban J connectivity index is 1.87. The molecule has 1 aromatic carbocycles. The second-order valence-electron chi connectivity index (χ2n) is 4.03. The zero-order valence-corrected chi connectivity index (χ0v) is 13.1. The summed E-state index contributed by atoms with van der Waals surface area (Å²) in [6.07, 6.45) is 0. The SMILES string of the molecule is O=C(COC(=O)c1ccc([N+](=O)[O-])o1)Nc1cccc(I)c1. The van der Waals surface area contributed by atoms with E-state index in [0.717, 1.165) is 15.7 Å². The maximum atomic E-state index is 11.6. The summed E-state index contributed by atoms with van der Waals surface area (Å²) in [6.45, 7) is -0.529.